The third-order valence-corrected chi connectivity index (χ3v) is 11.9. The van der Waals surface area contributed by atoms with Crippen LogP contribution in [0.2, 0.25) is 0 Å². The lowest BCUT2D eigenvalue weighted by molar-refractivity contribution is -0.223. The van der Waals surface area contributed by atoms with Crippen molar-refractivity contribution in [3.63, 3.8) is 0 Å². The summed E-state index contributed by atoms with van der Waals surface area (Å²) >= 11 is 1.65. The van der Waals surface area contributed by atoms with Gasteiger partial charge in [-0.3, -0.25) is 9.59 Å². The molecular weight excluding hydrogens is 717 g/mol. The van der Waals surface area contributed by atoms with Crippen LogP contribution in [-0.4, -0.2) is 65.6 Å². The predicted octanol–water partition coefficient (Wildman–Crippen LogP) is 8.70. The van der Waals surface area contributed by atoms with E-state index in [1.165, 1.54) is 6.92 Å². The number of aldehydes is 1. The number of carbonyl (C=O) groups excluding carboxylic acids is 2. The number of nitrogens with one attached hydrogen (secondary N) is 1. The van der Waals surface area contributed by atoms with Crippen molar-refractivity contribution in [1.29, 1.82) is 0 Å². The number of nitrogens with zero attached hydrogens (tertiary/aromatic N) is 1. The molecule has 1 amide bonds. The van der Waals surface area contributed by atoms with E-state index in [9.17, 15) is 19.8 Å². The third-order valence-electron chi connectivity index (χ3n) is 10.6. The molecule has 1 saturated carbocycles. The third kappa shape index (κ3) is 9.18. The lowest BCUT2D eigenvalue weighted by Gasteiger charge is -2.58. The van der Waals surface area contributed by atoms with Crippen molar-refractivity contribution < 1.29 is 38.9 Å². The molecule has 11 heteroatoms. The summed E-state index contributed by atoms with van der Waals surface area (Å²) in [5.74, 6) is 0.487. The van der Waals surface area contributed by atoms with Crippen LogP contribution in [0.5, 0.6) is 17.2 Å². The van der Waals surface area contributed by atoms with Gasteiger partial charge < -0.3 is 34.6 Å². The second-order valence-electron chi connectivity index (χ2n) is 14.3. The Hall–Kier alpha value is -4.42. The largest absolute Gasteiger partial charge is 0.460 e. The van der Waals surface area contributed by atoms with Crippen LogP contribution in [0.4, 0.5) is 5.69 Å². The van der Waals surface area contributed by atoms with Gasteiger partial charge in [0, 0.05) is 54.2 Å². The fraction of sp³-hybridized carbons (Fsp3) is 0.432. The average molecular weight is 769 g/mol. The van der Waals surface area contributed by atoms with E-state index < -0.39 is 5.79 Å². The molecule has 1 heterocycles. The highest BCUT2D eigenvalue weighted by Gasteiger charge is 2.64. The highest BCUT2D eigenvalue weighted by Crippen LogP contribution is 2.63. The Labute approximate surface area is 328 Å². The normalized spacial score (nSPS) is 24.5. The minimum absolute atomic E-state index is 0.103. The van der Waals surface area contributed by atoms with E-state index in [0.29, 0.717) is 54.4 Å². The number of unbranched alkanes of at least 4 members (excludes halogenated alkanes) is 2. The van der Waals surface area contributed by atoms with Gasteiger partial charge >= 0.3 is 0 Å². The smallest absolute Gasteiger partial charge is 0.231 e. The summed E-state index contributed by atoms with van der Waals surface area (Å²) in [4.78, 5) is 30.1. The number of thioether (sulfide) groups is 1. The van der Waals surface area contributed by atoms with Crippen LogP contribution < -0.4 is 14.8 Å². The minimum Gasteiger partial charge on any atom is -0.460 e. The van der Waals surface area contributed by atoms with E-state index >= 15 is 0 Å². The van der Waals surface area contributed by atoms with Gasteiger partial charge in [0.15, 0.2) is 0 Å². The Morgan fingerprint density at radius 2 is 1.80 bits per heavy atom. The SMILES string of the molecule is C=CCOC12Oc3ccc(Oc4cccc(C=O)c4)cc3C3C(CCCCO)C(CCCCO)C=C(C(=NOCC)CC1Sc1ccc(NC(C)=O)cc1)C32. The zero-order chi connectivity index (χ0) is 38.8. The molecule has 3 N–H and O–H groups in total. The number of aliphatic hydroxyl groups excluding tert-OH is 2. The number of hydrogen-bond acceptors (Lipinski definition) is 10. The molecule has 0 radical (unpaired) electrons. The molecule has 55 heavy (non-hydrogen) atoms. The second-order valence-corrected chi connectivity index (χ2v) is 15.6. The number of carbonyl (C=O) groups is 2. The molecule has 0 bridgehead atoms. The van der Waals surface area contributed by atoms with Gasteiger partial charge in [0.25, 0.3) is 0 Å². The zero-order valence-corrected chi connectivity index (χ0v) is 32.5. The number of anilines is 1. The summed E-state index contributed by atoms with van der Waals surface area (Å²) < 4.78 is 20.7. The van der Waals surface area contributed by atoms with Crippen LogP contribution in [-0.2, 0) is 14.4 Å². The molecule has 6 unspecified atom stereocenters. The fourth-order valence-corrected chi connectivity index (χ4v) is 9.69. The molecule has 0 saturated heterocycles. The molecule has 3 aromatic carbocycles. The van der Waals surface area contributed by atoms with E-state index in [4.69, 9.17) is 24.2 Å². The predicted molar refractivity (Wildman–Crippen MR) is 215 cm³/mol. The topological polar surface area (TPSA) is 136 Å². The number of allylic oxidation sites excluding steroid dienone is 1. The van der Waals surface area contributed by atoms with Crippen LogP contribution in [0.3, 0.4) is 0 Å². The first-order valence-electron chi connectivity index (χ1n) is 19.3. The van der Waals surface area contributed by atoms with Crippen molar-refractivity contribution in [3.8, 4) is 17.2 Å². The summed E-state index contributed by atoms with van der Waals surface area (Å²) in [7, 11) is 0. The number of ether oxygens (including phenoxy) is 3. The van der Waals surface area contributed by atoms with Crippen molar-refractivity contribution in [2.24, 2.45) is 22.9 Å². The maximum absolute atomic E-state index is 11.7. The molecule has 0 aromatic heterocycles. The van der Waals surface area contributed by atoms with Crippen molar-refractivity contribution in [2.45, 2.75) is 80.6 Å². The minimum atomic E-state index is -1.14. The lowest BCUT2D eigenvalue weighted by Crippen LogP contribution is -2.64. The van der Waals surface area contributed by atoms with Crippen LogP contribution in [0.15, 0.2) is 101 Å². The number of fused-ring (bicyclic) bond motifs is 2. The summed E-state index contributed by atoms with van der Waals surface area (Å²) in [5, 5.41) is 27.0. The Kier molecular flexibility index (Phi) is 13.9. The molecule has 10 nitrogen and oxygen atoms in total. The van der Waals surface area contributed by atoms with Crippen molar-refractivity contribution in [1.82, 2.24) is 0 Å². The van der Waals surface area contributed by atoms with Gasteiger partial charge in [0.2, 0.25) is 11.7 Å². The molecule has 6 atom stereocenters. The highest BCUT2D eigenvalue weighted by molar-refractivity contribution is 8.00. The van der Waals surface area contributed by atoms with E-state index in [1.807, 2.05) is 49.4 Å². The number of hydrogen-bond donors (Lipinski definition) is 3. The molecule has 2 aliphatic carbocycles. The quantitative estimate of drug-likeness (QED) is 0.0474. The number of benzene rings is 3. The van der Waals surface area contributed by atoms with Gasteiger partial charge in [-0.15, -0.1) is 18.3 Å². The molecule has 3 aromatic rings. The summed E-state index contributed by atoms with van der Waals surface area (Å²) in [6.45, 7) is 8.35. The summed E-state index contributed by atoms with van der Waals surface area (Å²) in [6.07, 6.45) is 10.3. The first-order chi connectivity index (χ1) is 26.8. The molecule has 292 valence electrons. The van der Waals surface area contributed by atoms with E-state index in [-0.39, 0.29) is 54.6 Å². The molecular formula is C44H52N2O8S. The van der Waals surface area contributed by atoms with Gasteiger partial charge in [-0.2, -0.15) is 0 Å². The van der Waals surface area contributed by atoms with Gasteiger partial charge in [-0.05, 0) is 105 Å². The Morgan fingerprint density at radius 1 is 1.04 bits per heavy atom. The molecule has 0 spiro atoms. The van der Waals surface area contributed by atoms with Crippen molar-refractivity contribution in [2.75, 3.05) is 31.7 Å². The van der Waals surface area contributed by atoms with Crippen LogP contribution in [0, 0.1) is 17.8 Å². The van der Waals surface area contributed by atoms with Gasteiger partial charge in [-0.1, -0.05) is 42.3 Å². The molecule has 3 aliphatic rings. The molecule has 6 rings (SSSR count). The Morgan fingerprint density at radius 3 is 2.51 bits per heavy atom. The van der Waals surface area contributed by atoms with Gasteiger partial charge in [-0.25, -0.2) is 0 Å². The standard InChI is InChI=1S/C44H52N2O8S/c1-4-23-51-44-41(55-35-18-15-32(16-19-35)45-29(3)50)27-39(46-52-5-2)37-25-31(12-6-8-21-47)36(14-7-9-22-48)42(43(37)44)38-26-34(17-20-40(38)54-44)53-33-13-10-11-30(24-33)28-49/h4,10-11,13,15-20,24-26,28,31,36,41-43,47-48H,1,5-9,12,14,21-23,27H2,2-3H3,(H,45,50). The Balaban J connectivity index is 1.53. The number of aliphatic hydroxyl groups is 2. The number of amides is 1. The first kappa shape index (κ1) is 40.2. The number of rotatable bonds is 19. The Bertz CT molecular complexity index is 1860. The van der Waals surface area contributed by atoms with E-state index in [1.54, 1.807) is 36.0 Å². The van der Waals surface area contributed by atoms with Gasteiger partial charge in [0.1, 0.15) is 30.1 Å². The van der Waals surface area contributed by atoms with E-state index in [0.717, 1.165) is 53.7 Å². The maximum Gasteiger partial charge on any atom is 0.231 e. The lowest BCUT2D eigenvalue weighted by atomic mass is 9.56. The highest BCUT2D eigenvalue weighted by atomic mass is 32.2. The second kappa shape index (κ2) is 18.9. The fourth-order valence-electron chi connectivity index (χ4n) is 8.40. The number of oxime groups is 1. The summed E-state index contributed by atoms with van der Waals surface area (Å²) in [6, 6.07) is 20.8. The van der Waals surface area contributed by atoms with Gasteiger partial charge in [0.05, 0.1) is 23.5 Å². The first-order valence-corrected chi connectivity index (χ1v) is 20.2. The van der Waals surface area contributed by atoms with E-state index in [2.05, 4.69) is 24.0 Å². The average Bonchev–Trinajstić information content (AvgIpc) is 3.19. The van der Waals surface area contributed by atoms with Crippen LogP contribution in [0.1, 0.15) is 80.6 Å². The molecule has 1 aliphatic heterocycles. The summed E-state index contributed by atoms with van der Waals surface area (Å²) in [5.41, 5.74) is 4.14. The van der Waals surface area contributed by atoms with Crippen molar-refractivity contribution >= 4 is 35.4 Å². The van der Waals surface area contributed by atoms with Crippen LogP contribution >= 0.6 is 11.8 Å². The van der Waals surface area contributed by atoms with Crippen LogP contribution in [0.25, 0.3) is 0 Å². The van der Waals surface area contributed by atoms with Crippen molar-refractivity contribution in [3.05, 3.63) is 102 Å². The zero-order valence-electron chi connectivity index (χ0n) is 31.7. The maximum atomic E-state index is 11.7. The monoisotopic (exact) mass is 768 g/mol. The molecule has 1 fully saturated rings.